The van der Waals surface area contributed by atoms with Crippen LogP contribution in [0.2, 0.25) is 0 Å². The molecule has 1 aromatic rings. The summed E-state index contributed by atoms with van der Waals surface area (Å²) in [5.41, 5.74) is 0.683. The summed E-state index contributed by atoms with van der Waals surface area (Å²) in [5, 5.41) is 2.88. The smallest absolute Gasteiger partial charge is 0.411 e. The maximum atomic E-state index is 12.5. The van der Waals surface area contributed by atoms with Crippen molar-refractivity contribution < 1.29 is 18.8 Å². The normalized spacial score (nSPS) is 15.3. The van der Waals surface area contributed by atoms with Gasteiger partial charge in [-0.1, -0.05) is 64.5 Å². The number of ether oxygens (including phenoxy) is 2. The number of para-hydroxylation sites is 2. The van der Waals surface area contributed by atoms with E-state index in [0.717, 1.165) is 30.3 Å². The zero-order valence-electron chi connectivity index (χ0n) is 20.7. The van der Waals surface area contributed by atoms with Crippen molar-refractivity contribution in [3.8, 4) is 5.75 Å². The van der Waals surface area contributed by atoms with E-state index in [1.54, 1.807) is 0 Å². The summed E-state index contributed by atoms with van der Waals surface area (Å²) in [6.07, 6.45) is 14.9. The SMILES string of the molecule is CCCCCCCC[N+]1(CCOC(=O)Nc2ccccc2OCCCCC)CCCCC1. The van der Waals surface area contributed by atoms with Crippen LogP contribution < -0.4 is 10.1 Å². The zero-order valence-corrected chi connectivity index (χ0v) is 20.7. The summed E-state index contributed by atoms with van der Waals surface area (Å²) in [6.45, 7) is 10.2. The van der Waals surface area contributed by atoms with E-state index in [4.69, 9.17) is 9.47 Å². The minimum absolute atomic E-state index is 0.385. The van der Waals surface area contributed by atoms with Crippen molar-refractivity contribution in [3.05, 3.63) is 24.3 Å². The molecule has 0 radical (unpaired) electrons. The summed E-state index contributed by atoms with van der Waals surface area (Å²) in [5.74, 6) is 0.711. The maximum absolute atomic E-state index is 12.5. The van der Waals surface area contributed by atoms with E-state index >= 15 is 0 Å². The number of piperidine rings is 1. The number of benzene rings is 1. The molecule has 1 aliphatic heterocycles. The molecule has 5 heteroatoms. The first-order valence-corrected chi connectivity index (χ1v) is 13.2. The van der Waals surface area contributed by atoms with Crippen LogP contribution in [-0.4, -0.2) is 50.0 Å². The Morgan fingerprint density at radius 1 is 0.844 bits per heavy atom. The Labute approximate surface area is 196 Å². The third kappa shape index (κ3) is 10.2. The van der Waals surface area contributed by atoms with Crippen molar-refractivity contribution >= 4 is 11.8 Å². The highest BCUT2D eigenvalue weighted by molar-refractivity contribution is 5.86. The zero-order chi connectivity index (χ0) is 22.9. The fraction of sp³-hybridized carbons (Fsp3) is 0.741. The van der Waals surface area contributed by atoms with Gasteiger partial charge in [-0.3, -0.25) is 5.32 Å². The van der Waals surface area contributed by atoms with Crippen LogP contribution in [-0.2, 0) is 4.74 Å². The number of likely N-dealkylation sites (tertiary alicyclic amines) is 1. The Morgan fingerprint density at radius 2 is 1.53 bits per heavy atom. The van der Waals surface area contributed by atoms with Gasteiger partial charge in [-0.15, -0.1) is 0 Å². The van der Waals surface area contributed by atoms with E-state index in [-0.39, 0.29) is 6.09 Å². The van der Waals surface area contributed by atoms with E-state index in [1.165, 1.54) is 77.4 Å². The lowest BCUT2D eigenvalue weighted by molar-refractivity contribution is -0.932. The lowest BCUT2D eigenvalue weighted by Crippen LogP contribution is -2.54. The average Bonchev–Trinajstić information content (AvgIpc) is 2.81. The molecule has 1 fully saturated rings. The molecule has 0 aliphatic carbocycles. The van der Waals surface area contributed by atoms with Crippen molar-refractivity contribution in [2.75, 3.05) is 44.7 Å². The average molecular weight is 448 g/mol. The van der Waals surface area contributed by atoms with E-state index in [0.29, 0.717) is 24.7 Å². The highest BCUT2D eigenvalue weighted by atomic mass is 16.5. The van der Waals surface area contributed by atoms with Gasteiger partial charge in [-0.2, -0.15) is 0 Å². The number of rotatable bonds is 16. The van der Waals surface area contributed by atoms with Gasteiger partial charge < -0.3 is 14.0 Å². The van der Waals surface area contributed by atoms with Crippen molar-refractivity contribution in [1.29, 1.82) is 0 Å². The van der Waals surface area contributed by atoms with Crippen LogP contribution in [0.3, 0.4) is 0 Å². The van der Waals surface area contributed by atoms with Gasteiger partial charge in [0, 0.05) is 0 Å². The van der Waals surface area contributed by atoms with Gasteiger partial charge in [0.2, 0.25) is 0 Å². The van der Waals surface area contributed by atoms with E-state index in [2.05, 4.69) is 19.2 Å². The first-order chi connectivity index (χ1) is 15.7. The fourth-order valence-corrected chi connectivity index (χ4v) is 4.68. The molecular weight excluding hydrogens is 400 g/mol. The minimum atomic E-state index is -0.385. The minimum Gasteiger partial charge on any atom is -0.491 e. The summed E-state index contributed by atoms with van der Waals surface area (Å²) < 4.78 is 12.6. The van der Waals surface area contributed by atoms with Gasteiger partial charge in [-0.05, 0) is 50.7 Å². The highest BCUT2D eigenvalue weighted by Gasteiger charge is 2.29. The topological polar surface area (TPSA) is 47.6 Å². The number of nitrogens with zero attached hydrogens (tertiary/aromatic N) is 1. The molecule has 1 amide bonds. The molecule has 182 valence electrons. The molecule has 5 nitrogen and oxygen atoms in total. The van der Waals surface area contributed by atoms with E-state index in [9.17, 15) is 4.79 Å². The van der Waals surface area contributed by atoms with Crippen LogP contribution in [0, 0.1) is 0 Å². The Kier molecular flexibility index (Phi) is 13.2. The number of nitrogens with one attached hydrogen (secondary N) is 1. The van der Waals surface area contributed by atoms with Crippen LogP contribution in [0.25, 0.3) is 0 Å². The molecule has 1 heterocycles. The Morgan fingerprint density at radius 3 is 2.31 bits per heavy atom. The number of carbonyl (C=O) groups excluding carboxylic acids is 1. The Hall–Kier alpha value is -1.75. The number of hydrogen-bond acceptors (Lipinski definition) is 3. The first-order valence-electron chi connectivity index (χ1n) is 13.2. The fourth-order valence-electron chi connectivity index (χ4n) is 4.68. The number of carbonyl (C=O) groups is 1. The van der Waals surface area contributed by atoms with Gasteiger partial charge in [0.05, 0.1) is 31.9 Å². The largest absolute Gasteiger partial charge is 0.491 e. The molecule has 1 N–H and O–H groups in total. The summed E-state index contributed by atoms with van der Waals surface area (Å²) >= 11 is 0. The quantitative estimate of drug-likeness (QED) is 0.216. The predicted octanol–water partition coefficient (Wildman–Crippen LogP) is 7.17. The van der Waals surface area contributed by atoms with Crippen LogP contribution in [0.1, 0.15) is 90.9 Å². The van der Waals surface area contributed by atoms with Gasteiger partial charge in [0.25, 0.3) is 0 Å². The van der Waals surface area contributed by atoms with E-state index < -0.39 is 0 Å². The molecule has 1 aromatic carbocycles. The molecule has 0 unspecified atom stereocenters. The molecule has 0 saturated carbocycles. The highest BCUT2D eigenvalue weighted by Crippen LogP contribution is 2.25. The second-order valence-corrected chi connectivity index (χ2v) is 9.38. The molecule has 32 heavy (non-hydrogen) atoms. The number of unbranched alkanes of at least 4 members (excludes halogenated alkanes) is 7. The van der Waals surface area contributed by atoms with Crippen LogP contribution in [0.15, 0.2) is 24.3 Å². The number of anilines is 1. The van der Waals surface area contributed by atoms with Crippen molar-refractivity contribution in [1.82, 2.24) is 0 Å². The molecule has 0 bridgehead atoms. The molecule has 2 rings (SSSR count). The second kappa shape index (κ2) is 16.0. The summed E-state index contributed by atoms with van der Waals surface area (Å²) in [7, 11) is 0. The number of hydrogen-bond donors (Lipinski definition) is 1. The van der Waals surface area contributed by atoms with Gasteiger partial charge in [0.15, 0.2) is 0 Å². The van der Waals surface area contributed by atoms with Crippen LogP contribution in [0.5, 0.6) is 5.75 Å². The Balaban J connectivity index is 1.76. The van der Waals surface area contributed by atoms with Gasteiger partial charge >= 0.3 is 6.09 Å². The van der Waals surface area contributed by atoms with Crippen molar-refractivity contribution in [2.45, 2.75) is 90.9 Å². The molecule has 0 aromatic heterocycles. The number of quaternary nitrogens is 1. The molecule has 1 saturated heterocycles. The van der Waals surface area contributed by atoms with Crippen LogP contribution >= 0.6 is 0 Å². The Bertz CT molecular complexity index is 629. The summed E-state index contributed by atoms with van der Waals surface area (Å²) in [4.78, 5) is 12.5. The lowest BCUT2D eigenvalue weighted by atomic mass is 10.1. The van der Waals surface area contributed by atoms with Crippen molar-refractivity contribution in [3.63, 3.8) is 0 Å². The third-order valence-corrected chi connectivity index (χ3v) is 6.68. The maximum Gasteiger partial charge on any atom is 0.411 e. The van der Waals surface area contributed by atoms with Crippen LogP contribution in [0.4, 0.5) is 10.5 Å². The first kappa shape index (κ1) is 26.5. The molecule has 0 atom stereocenters. The second-order valence-electron chi connectivity index (χ2n) is 9.38. The molecule has 1 aliphatic rings. The van der Waals surface area contributed by atoms with Gasteiger partial charge in [-0.25, -0.2) is 4.79 Å². The van der Waals surface area contributed by atoms with Crippen molar-refractivity contribution in [2.24, 2.45) is 0 Å². The lowest BCUT2D eigenvalue weighted by Gasteiger charge is -2.41. The van der Waals surface area contributed by atoms with Gasteiger partial charge in [0.1, 0.15) is 18.9 Å². The number of amides is 1. The summed E-state index contributed by atoms with van der Waals surface area (Å²) in [6, 6.07) is 7.60. The standard InChI is InChI=1S/C27H46N2O3/c1-3-5-7-8-9-13-19-29(20-14-10-15-21-29)22-24-32-27(30)28-25-17-11-12-18-26(25)31-23-16-6-4-2/h11-12,17-18H,3-10,13-16,19-24H2,1-2H3/p+1. The monoisotopic (exact) mass is 447 g/mol. The third-order valence-electron chi connectivity index (χ3n) is 6.68. The molecular formula is C27H47N2O3+. The predicted molar refractivity (Wildman–Crippen MR) is 133 cm³/mol. The molecule has 0 spiro atoms. The van der Waals surface area contributed by atoms with E-state index in [1.807, 2.05) is 24.3 Å².